The van der Waals surface area contributed by atoms with Gasteiger partial charge in [-0.05, 0) is 50.5 Å². The molecule has 1 aromatic rings. The van der Waals surface area contributed by atoms with Crippen LogP contribution in [0.15, 0.2) is 23.1 Å². The first-order chi connectivity index (χ1) is 8.97. The first kappa shape index (κ1) is 15.9. The molecule has 106 valence electrons. The van der Waals surface area contributed by atoms with Crippen molar-refractivity contribution in [3.05, 3.63) is 23.8 Å². The molecule has 0 aromatic heterocycles. The van der Waals surface area contributed by atoms with Crippen molar-refractivity contribution < 1.29 is 4.79 Å². The average Bonchev–Trinajstić information content (AvgIpc) is 2.39. The molecule has 1 rings (SSSR count). The van der Waals surface area contributed by atoms with Gasteiger partial charge < -0.3 is 11.1 Å². The minimum Gasteiger partial charge on any atom is -0.399 e. The van der Waals surface area contributed by atoms with Crippen LogP contribution in [-0.2, 0) is 4.79 Å². The summed E-state index contributed by atoms with van der Waals surface area (Å²) in [6.45, 7) is 8.10. The van der Waals surface area contributed by atoms with E-state index in [0.29, 0.717) is 0 Å². The minimum atomic E-state index is -0.0939. The molecule has 19 heavy (non-hydrogen) atoms. The SMILES string of the molecule is CCC(CC)NC(=O)C(C)Sc1ccc(N)c(C)c1. The van der Waals surface area contributed by atoms with Crippen molar-refractivity contribution >= 4 is 23.4 Å². The normalized spacial score (nSPS) is 12.5. The fourth-order valence-electron chi connectivity index (χ4n) is 1.79. The Bertz CT molecular complexity index is 430. The number of nitrogens with one attached hydrogen (secondary N) is 1. The molecule has 0 aliphatic carbocycles. The van der Waals surface area contributed by atoms with Crippen molar-refractivity contribution in [3.63, 3.8) is 0 Å². The molecule has 1 unspecified atom stereocenters. The zero-order chi connectivity index (χ0) is 14.4. The molecular formula is C15H24N2OS. The number of thioether (sulfide) groups is 1. The molecule has 0 radical (unpaired) electrons. The predicted molar refractivity (Wildman–Crippen MR) is 83.4 cm³/mol. The van der Waals surface area contributed by atoms with Crippen LogP contribution in [-0.4, -0.2) is 17.2 Å². The number of carbonyl (C=O) groups excluding carboxylic acids is 1. The molecule has 3 nitrogen and oxygen atoms in total. The smallest absolute Gasteiger partial charge is 0.233 e. The molecule has 1 aromatic carbocycles. The molecule has 0 spiro atoms. The number of carbonyl (C=O) groups is 1. The summed E-state index contributed by atoms with van der Waals surface area (Å²) in [5.41, 5.74) is 7.64. The molecule has 0 heterocycles. The van der Waals surface area contributed by atoms with Gasteiger partial charge in [0, 0.05) is 16.6 Å². The number of nitrogens with two attached hydrogens (primary N) is 1. The van der Waals surface area contributed by atoms with Gasteiger partial charge in [-0.3, -0.25) is 4.79 Å². The Hall–Kier alpha value is -1.16. The Morgan fingerprint density at radius 1 is 1.37 bits per heavy atom. The van der Waals surface area contributed by atoms with Crippen LogP contribution in [0.2, 0.25) is 0 Å². The lowest BCUT2D eigenvalue weighted by Crippen LogP contribution is -2.38. The largest absolute Gasteiger partial charge is 0.399 e. The quantitative estimate of drug-likeness (QED) is 0.620. The zero-order valence-electron chi connectivity index (χ0n) is 12.2. The van der Waals surface area contributed by atoms with Crippen molar-refractivity contribution in [2.24, 2.45) is 0 Å². The van der Waals surface area contributed by atoms with Crippen LogP contribution in [0.3, 0.4) is 0 Å². The molecule has 1 amide bonds. The second-order valence-corrected chi connectivity index (χ2v) is 6.21. The summed E-state index contributed by atoms with van der Waals surface area (Å²) < 4.78 is 0. The fraction of sp³-hybridized carbons (Fsp3) is 0.533. The van der Waals surface area contributed by atoms with E-state index in [9.17, 15) is 4.79 Å². The summed E-state index contributed by atoms with van der Waals surface area (Å²) in [5, 5.41) is 2.98. The molecule has 1 atom stereocenters. The Kier molecular flexibility index (Phi) is 6.22. The predicted octanol–water partition coefficient (Wildman–Crippen LogP) is 3.36. The number of amides is 1. The summed E-state index contributed by atoms with van der Waals surface area (Å²) >= 11 is 1.57. The maximum Gasteiger partial charge on any atom is 0.233 e. The Balaban J connectivity index is 2.60. The van der Waals surface area contributed by atoms with Gasteiger partial charge in [-0.1, -0.05) is 13.8 Å². The van der Waals surface area contributed by atoms with E-state index < -0.39 is 0 Å². The van der Waals surface area contributed by atoms with Crippen molar-refractivity contribution in [1.82, 2.24) is 5.32 Å². The highest BCUT2D eigenvalue weighted by molar-refractivity contribution is 8.00. The lowest BCUT2D eigenvalue weighted by atomic mass is 10.2. The van der Waals surface area contributed by atoms with Crippen LogP contribution in [0, 0.1) is 6.92 Å². The van der Waals surface area contributed by atoms with Gasteiger partial charge in [0.25, 0.3) is 0 Å². The zero-order valence-corrected chi connectivity index (χ0v) is 13.0. The molecule has 0 bridgehead atoms. The summed E-state index contributed by atoms with van der Waals surface area (Å²) in [5.74, 6) is 0.105. The average molecular weight is 280 g/mol. The molecule has 4 heteroatoms. The highest BCUT2D eigenvalue weighted by Gasteiger charge is 2.17. The van der Waals surface area contributed by atoms with E-state index in [-0.39, 0.29) is 17.2 Å². The highest BCUT2D eigenvalue weighted by atomic mass is 32.2. The summed E-state index contributed by atoms with van der Waals surface area (Å²) in [7, 11) is 0. The van der Waals surface area contributed by atoms with E-state index in [4.69, 9.17) is 5.73 Å². The summed E-state index contributed by atoms with van der Waals surface area (Å²) in [6, 6.07) is 6.17. The van der Waals surface area contributed by atoms with E-state index in [0.717, 1.165) is 29.0 Å². The van der Waals surface area contributed by atoms with Gasteiger partial charge in [-0.25, -0.2) is 0 Å². The van der Waals surface area contributed by atoms with Crippen molar-refractivity contribution in [3.8, 4) is 0 Å². The van der Waals surface area contributed by atoms with E-state index in [1.165, 1.54) is 0 Å². The third-order valence-electron chi connectivity index (χ3n) is 3.26. The second kappa shape index (κ2) is 7.43. The van der Waals surface area contributed by atoms with Crippen molar-refractivity contribution in [2.45, 2.75) is 56.7 Å². The van der Waals surface area contributed by atoms with Crippen molar-refractivity contribution in [2.75, 3.05) is 5.73 Å². The van der Waals surface area contributed by atoms with E-state index in [2.05, 4.69) is 19.2 Å². The number of hydrogen-bond acceptors (Lipinski definition) is 3. The van der Waals surface area contributed by atoms with Gasteiger partial charge in [-0.15, -0.1) is 11.8 Å². The third-order valence-corrected chi connectivity index (χ3v) is 4.35. The van der Waals surface area contributed by atoms with Crippen LogP contribution in [0.5, 0.6) is 0 Å². The van der Waals surface area contributed by atoms with Crippen LogP contribution in [0.1, 0.15) is 39.2 Å². The van der Waals surface area contributed by atoms with Gasteiger partial charge in [0.15, 0.2) is 0 Å². The fourth-order valence-corrected chi connectivity index (χ4v) is 2.77. The molecule has 0 aliphatic rings. The molecule has 0 saturated heterocycles. The van der Waals surface area contributed by atoms with E-state index >= 15 is 0 Å². The molecule has 0 fully saturated rings. The van der Waals surface area contributed by atoms with Gasteiger partial charge in [0.2, 0.25) is 5.91 Å². The molecule has 3 N–H and O–H groups in total. The summed E-state index contributed by atoms with van der Waals surface area (Å²) in [6.07, 6.45) is 1.95. The number of benzene rings is 1. The van der Waals surface area contributed by atoms with Gasteiger partial charge >= 0.3 is 0 Å². The second-order valence-electron chi connectivity index (χ2n) is 4.80. The summed E-state index contributed by atoms with van der Waals surface area (Å²) in [4.78, 5) is 13.2. The monoisotopic (exact) mass is 280 g/mol. The lowest BCUT2D eigenvalue weighted by molar-refractivity contribution is -0.121. The number of aryl methyl sites for hydroxylation is 1. The van der Waals surface area contributed by atoms with Crippen LogP contribution < -0.4 is 11.1 Å². The van der Waals surface area contributed by atoms with E-state index in [1.807, 2.05) is 32.0 Å². The number of anilines is 1. The standard InChI is InChI=1S/C15H24N2OS/c1-5-12(6-2)17-15(18)11(4)19-13-7-8-14(16)10(3)9-13/h7-9,11-12H,5-6,16H2,1-4H3,(H,17,18). The molecule has 0 aliphatic heterocycles. The first-order valence-electron chi connectivity index (χ1n) is 6.81. The number of nitrogen functional groups attached to an aromatic ring is 1. The Morgan fingerprint density at radius 2 is 2.00 bits per heavy atom. The van der Waals surface area contributed by atoms with Crippen LogP contribution >= 0.6 is 11.8 Å². The third kappa shape index (κ3) is 4.78. The molecular weight excluding hydrogens is 256 g/mol. The van der Waals surface area contributed by atoms with Gasteiger partial charge in [0.1, 0.15) is 0 Å². The maximum absolute atomic E-state index is 12.1. The topological polar surface area (TPSA) is 55.1 Å². The first-order valence-corrected chi connectivity index (χ1v) is 7.69. The highest BCUT2D eigenvalue weighted by Crippen LogP contribution is 2.26. The lowest BCUT2D eigenvalue weighted by Gasteiger charge is -2.18. The number of hydrogen-bond donors (Lipinski definition) is 2. The Morgan fingerprint density at radius 3 is 2.53 bits per heavy atom. The van der Waals surface area contributed by atoms with Crippen molar-refractivity contribution in [1.29, 1.82) is 0 Å². The minimum absolute atomic E-state index is 0.0939. The maximum atomic E-state index is 12.1. The van der Waals surface area contributed by atoms with Gasteiger partial charge in [-0.2, -0.15) is 0 Å². The van der Waals surface area contributed by atoms with Crippen LogP contribution in [0.25, 0.3) is 0 Å². The Labute approximate surface area is 120 Å². The van der Waals surface area contributed by atoms with Crippen LogP contribution in [0.4, 0.5) is 5.69 Å². The molecule has 0 saturated carbocycles. The number of rotatable bonds is 6. The van der Waals surface area contributed by atoms with E-state index in [1.54, 1.807) is 11.8 Å². The van der Waals surface area contributed by atoms with Gasteiger partial charge in [0.05, 0.1) is 5.25 Å².